The number of carbonyl (C=O) groups excluding carboxylic acids is 3. The van der Waals surface area contributed by atoms with Gasteiger partial charge in [0.05, 0.1) is 30.0 Å². The summed E-state index contributed by atoms with van der Waals surface area (Å²) in [5.41, 5.74) is 2.45. The van der Waals surface area contributed by atoms with Gasteiger partial charge in [0.15, 0.2) is 0 Å². The van der Waals surface area contributed by atoms with Gasteiger partial charge < -0.3 is 20.7 Å². The van der Waals surface area contributed by atoms with E-state index in [1.807, 2.05) is 0 Å². The maximum Gasteiger partial charge on any atom is 0.330 e. The van der Waals surface area contributed by atoms with E-state index in [0.29, 0.717) is 29.8 Å². The molecule has 1 atom stereocenters. The summed E-state index contributed by atoms with van der Waals surface area (Å²) in [6.45, 7) is 1.39. The third-order valence-corrected chi connectivity index (χ3v) is 5.39. The second kappa shape index (κ2) is 12.8. The lowest BCUT2D eigenvalue weighted by molar-refractivity contribution is -0.144. The van der Waals surface area contributed by atoms with Crippen molar-refractivity contribution in [3.05, 3.63) is 83.2 Å². The molecule has 0 spiro atoms. The van der Waals surface area contributed by atoms with E-state index in [1.54, 1.807) is 48.5 Å². The number of amides is 2. The number of anilines is 1. The van der Waals surface area contributed by atoms with Gasteiger partial charge in [0.2, 0.25) is 5.91 Å². The molecule has 0 saturated heterocycles. The van der Waals surface area contributed by atoms with Crippen LogP contribution in [0.2, 0.25) is 0 Å². The van der Waals surface area contributed by atoms with Crippen molar-refractivity contribution in [1.29, 1.82) is 5.26 Å². The first-order valence-electron chi connectivity index (χ1n) is 11.4. The highest BCUT2D eigenvalue weighted by atomic mass is 19.1. The number of benzene rings is 2. The van der Waals surface area contributed by atoms with Gasteiger partial charge in [-0.05, 0) is 42.3 Å². The molecule has 9 nitrogen and oxygen atoms in total. The Morgan fingerprint density at radius 3 is 2.59 bits per heavy atom. The summed E-state index contributed by atoms with van der Waals surface area (Å²) >= 11 is 0. The smallest absolute Gasteiger partial charge is 0.330 e. The first kappa shape index (κ1) is 26.8. The van der Waals surface area contributed by atoms with Crippen LogP contribution in [0.15, 0.2) is 60.7 Å². The number of nitrogens with zero attached hydrogens (tertiary/aromatic N) is 2. The molecule has 3 N–H and O–H groups in total. The molecule has 0 aliphatic carbocycles. The van der Waals surface area contributed by atoms with E-state index in [-0.39, 0.29) is 23.7 Å². The number of pyridine rings is 1. The Hall–Kier alpha value is -4.78. The fourth-order valence-electron chi connectivity index (χ4n) is 3.62. The minimum Gasteiger partial charge on any atom is -0.467 e. The zero-order chi connectivity index (χ0) is 26.8. The number of hydrogen-bond donors (Lipinski definition) is 3. The standard InChI is InChI=1S/C27H26FN5O4/c1-17(34)32-24(27(36)37-2)16-31-26(35)22-10-11-23(21-9-4-3-7-19(21)15-29)33-25(22)30-13-12-18-6-5-8-20(28)14-18/h3-11,14,24H,12-13,16H2,1-2H3,(H,30,33)(H,31,35)(H,32,34)/t24-/m0/s1. The van der Waals surface area contributed by atoms with E-state index in [0.717, 1.165) is 5.56 Å². The number of ether oxygens (including phenoxy) is 1. The maximum atomic E-state index is 13.5. The Morgan fingerprint density at radius 1 is 1.11 bits per heavy atom. The summed E-state index contributed by atoms with van der Waals surface area (Å²) in [5, 5.41) is 17.7. The van der Waals surface area contributed by atoms with Crippen LogP contribution < -0.4 is 16.0 Å². The van der Waals surface area contributed by atoms with E-state index in [9.17, 15) is 24.0 Å². The van der Waals surface area contributed by atoms with Crippen LogP contribution in [0.4, 0.5) is 10.2 Å². The second-order valence-electron chi connectivity index (χ2n) is 8.04. The zero-order valence-electron chi connectivity index (χ0n) is 20.4. The molecule has 0 aliphatic heterocycles. The molecule has 3 rings (SSSR count). The minimum absolute atomic E-state index is 0.184. The predicted molar refractivity (Wildman–Crippen MR) is 135 cm³/mol. The van der Waals surface area contributed by atoms with Crippen molar-refractivity contribution in [3.8, 4) is 17.3 Å². The number of halogens is 1. The Kier molecular flexibility index (Phi) is 9.27. The molecule has 37 heavy (non-hydrogen) atoms. The number of carbonyl (C=O) groups is 3. The molecule has 2 amide bonds. The first-order valence-corrected chi connectivity index (χ1v) is 11.4. The lowest BCUT2D eigenvalue weighted by atomic mass is 10.0. The summed E-state index contributed by atoms with van der Waals surface area (Å²) in [6, 6.07) is 17.4. The molecule has 2 aromatic carbocycles. The average molecular weight is 504 g/mol. The Balaban J connectivity index is 1.86. The van der Waals surface area contributed by atoms with E-state index >= 15 is 0 Å². The molecule has 0 unspecified atom stereocenters. The molecule has 0 bridgehead atoms. The van der Waals surface area contributed by atoms with Crippen LogP contribution >= 0.6 is 0 Å². The summed E-state index contributed by atoms with van der Waals surface area (Å²) in [6.07, 6.45) is 0.465. The van der Waals surface area contributed by atoms with Crippen LogP contribution in [-0.4, -0.2) is 49.0 Å². The number of rotatable bonds is 10. The van der Waals surface area contributed by atoms with Gasteiger partial charge in [-0.2, -0.15) is 5.26 Å². The maximum absolute atomic E-state index is 13.5. The van der Waals surface area contributed by atoms with Gasteiger partial charge in [-0.3, -0.25) is 9.59 Å². The molecule has 0 radical (unpaired) electrons. The third-order valence-electron chi connectivity index (χ3n) is 5.39. The van der Waals surface area contributed by atoms with Gasteiger partial charge in [0.25, 0.3) is 5.91 Å². The topological polar surface area (TPSA) is 133 Å². The van der Waals surface area contributed by atoms with Crippen molar-refractivity contribution >= 4 is 23.6 Å². The van der Waals surface area contributed by atoms with Gasteiger partial charge in [-0.25, -0.2) is 14.2 Å². The molecular formula is C27H26FN5O4. The SMILES string of the molecule is COC(=O)[C@H](CNC(=O)c1ccc(-c2ccccc2C#N)nc1NCCc1cccc(F)c1)NC(C)=O. The van der Waals surface area contributed by atoms with Gasteiger partial charge in [0.1, 0.15) is 17.7 Å². The molecule has 190 valence electrons. The van der Waals surface area contributed by atoms with Crippen LogP contribution in [0.1, 0.15) is 28.4 Å². The number of aromatic nitrogens is 1. The molecule has 3 aromatic rings. The molecule has 0 fully saturated rings. The average Bonchev–Trinajstić information content (AvgIpc) is 2.90. The molecule has 10 heteroatoms. The van der Waals surface area contributed by atoms with Crippen molar-refractivity contribution in [1.82, 2.24) is 15.6 Å². The molecule has 1 heterocycles. The fraction of sp³-hybridized carbons (Fsp3) is 0.222. The molecule has 0 aliphatic rings. The number of hydrogen-bond acceptors (Lipinski definition) is 7. The number of methoxy groups -OCH3 is 1. The van der Waals surface area contributed by atoms with Crippen molar-refractivity contribution < 1.29 is 23.5 Å². The normalized spacial score (nSPS) is 11.1. The van der Waals surface area contributed by atoms with Crippen LogP contribution in [0.25, 0.3) is 11.3 Å². The zero-order valence-corrected chi connectivity index (χ0v) is 20.4. The second-order valence-corrected chi connectivity index (χ2v) is 8.04. The van der Waals surface area contributed by atoms with Crippen molar-refractivity contribution in [2.24, 2.45) is 0 Å². The quantitative estimate of drug-likeness (QED) is 0.362. The molecule has 0 saturated carbocycles. The lowest BCUT2D eigenvalue weighted by Gasteiger charge is -2.17. The van der Waals surface area contributed by atoms with Gasteiger partial charge >= 0.3 is 5.97 Å². The third kappa shape index (κ3) is 7.35. The van der Waals surface area contributed by atoms with E-state index in [1.165, 1.54) is 26.2 Å². The largest absolute Gasteiger partial charge is 0.467 e. The van der Waals surface area contributed by atoms with Crippen LogP contribution in [-0.2, 0) is 20.7 Å². The van der Waals surface area contributed by atoms with Crippen LogP contribution in [0.3, 0.4) is 0 Å². The van der Waals surface area contributed by atoms with E-state index in [2.05, 4.69) is 31.7 Å². The summed E-state index contributed by atoms with van der Waals surface area (Å²) in [5.74, 6) is -1.80. The highest BCUT2D eigenvalue weighted by molar-refractivity contribution is 5.99. The van der Waals surface area contributed by atoms with Crippen molar-refractivity contribution in [3.63, 3.8) is 0 Å². The predicted octanol–water partition coefficient (Wildman–Crippen LogP) is 2.82. The minimum atomic E-state index is -1.06. The molecule has 1 aromatic heterocycles. The van der Waals surface area contributed by atoms with Crippen molar-refractivity contribution in [2.45, 2.75) is 19.4 Å². The van der Waals surface area contributed by atoms with Crippen LogP contribution in [0.5, 0.6) is 0 Å². The Bertz CT molecular complexity index is 1340. The van der Waals surface area contributed by atoms with E-state index < -0.39 is 23.8 Å². The lowest BCUT2D eigenvalue weighted by Crippen LogP contribution is -2.48. The van der Waals surface area contributed by atoms with E-state index in [4.69, 9.17) is 0 Å². The number of nitrogens with one attached hydrogen (secondary N) is 3. The highest BCUT2D eigenvalue weighted by Gasteiger charge is 2.22. The monoisotopic (exact) mass is 503 g/mol. The first-order chi connectivity index (χ1) is 17.8. The Morgan fingerprint density at radius 2 is 1.89 bits per heavy atom. The van der Waals surface area contributed by atoms with Gasteiger partial charge in [0, 0.05) is 25.6 Å². The fourth-order valence-corrected chi connectivity index (χ4v) is 3.62. The van der Waals surface area contributed by atoms with Crippen molar-refractivity contribution in [2.75, 3.05) is 25.5 Å². The number of esters is 1. The summed E-state index contributed by atoms with van der Waals surface area (Å²) in [4.78, 5) is 41.0. The summed E-state index contributed by atoms with van der Waals surface area (Å²) < 4.78 is 18.2. The van der Waals surface area contributed by atoms with Crippen LogP contribution in [0, 0.1) is 17.1 Å². The van der Waals surface area contributed by atoms with Gasteiger partial charge in [-0.15, -0.1) is 0 Å². The molecular weight excluding hydrogens is 477 g/mol. The van der Waals surface area contributed by atoms with Gasteiger partial charge in [-0.1, -0.05) is 30.3 Å². The Labute approximate surface area is 213 Å². The number of nitriles is 1. The summed E-state index contributed by atoms with van der Waals surface area (Å²) in [7, 11) is 1.18. The highest BCUT2D eigenvalue weighted by Crippen LogP contribution is 2.25.